The van der Waals surface area contributed by atoms with Crippen LogP contribution in [0.4, 0.5) is 5.69 Å². The Morgan fingerprint density at radius 2 is 1.46 bits per heavy atom. The van der Waals surface area contributed by atoms with Crippen LogP contribution in [0.5, 0.6) is 0 Å². The first-order valence-corrected chi connectivity index (χ1v) is 8.78. The largest absolute Gasteiger partial charge is 0.463 e. The second kappa shape index (κ2) is 10.5. The van der Waals surface area contributed by atoms with Gasteiger partial charge in [-0.25, -0.2) is 4.79 Å². The van der Waals surface area contributed by atoms with Gasteiger partial charge in [0.25, 0.3) is 5.91 Å². The highest BCUT2D eigenvalue weighted by atomic mass is 16.5. The Balaban J connectivity index is 1.91. The molecule has 2 N–H and O–H groups in total. The summed E-state index contributed by atoms with van der Waals surface area (Å²) in [7, 11) is 1.57. The van der Waals surface area contributed by atoms with Crippen molar-refractivity contribution in [1.29, 1.82) is 0 Å². The predicted molar refractivity (Wildman–Crippen MR) is 110 cm³/mol. The van der Waals surface area contributed by atoms with Crippen molar-refractivity contribution in [2.75, 3.05) is 19.0 Å². The summed E-state index contributed by atoms with van der Waals surface area (Å²) in [4.78, 5) is 34.8. The maximum absolute atomic E-state index is 12.0. The molecule has 0 saturated heterocycles. The van der Waals surface area contributed by atoms with Crippen LogP contribution in [0.15, 0.2) is 60.7 Å². The van der Waals surface area contributed by atoms with E-state index in [-0.39, 0.29) is 11.8 Å². The Morgan fingerprint density at radius 3 is 2.04 bits per heavy atom. The summed E-state index contributed by atoms with van der Waals surface area (Å²) in [6.07, 6.45) is 6.09. The van der Waals surface area contributed by atoms with E-state index >= 15 is 0 Å². The van der Waals surface area contributed by atoms with Gasteiger partial charge >= 0.3 is 5.97 Å². The number of esters is 1. The maximum Gasteiger partial charge on any atom is 0.330 e. The minimum Gasteiger partial charge on any atom is -0.463 e. The van der Waals surface area contributed by atoms with Crippen LogP contribution < -0.4 is 10.6 Å². The standard InChI is InChI=1S/C22H22N2O4/c1-3-28-21(26)15-9-17-6-12-19(13-7-17)24-20(25)14-8-16-4-10-18(11-5-16)22(27)23-2/h4-15H,3H2,1-2H3,(H,23,27)(H,24,25)/b14-8+,15-9+. The second-order valence-electron chi connectivity index (χ2n) is 5.73. The fourth-order valence-electron chi connectivity index (χ4n) is 2.28. The molecule has 0 radical (unpaired) electrons. The average molecular weight is 378 g/mol. The number of carbonyl (C=O) groups excluding carboxylic acids is 3. The molecule has 0 heterocycles. The fourth-order valence-corrected chi connectivity index (χ4v) is 2.28. The van der Waals surface area contributed by atoms with Gasteiger partial charge in [-0.3, -0.25) is 9.59 Å². The third-order valence-corrected chi connectivity index (χ3v) is 3.70. The van der Waals surface area contributed by atoms with E-state index in [1.54, 1.807) is 74.7 Å². The van der Waals surface area contributed by atoms with Crippen LogP contribution in [-0.4, -0.2) is 31.4 Å². The Bertz CT molecular complexity index is 882. The lowest BCUT2D eigenvalue weighted by atomic mass is 10.1. The number of hydrogen-bond donors (Lipinski definition) is 2. The molecule has 2 amide bonds. The molecule has 2 aromatic carbocycles. The van der Waals surface area contributed by atoms with Gasteiger partial charge in [0.1, 0.15) is 0 Å². The first kappa shape index (κ1) is 20.6. The molecule has 2 aromatic rings. The second-order valence-corrected chi connectivity index (χ2v) is 5.73. The molecular weight excluding hydrogens is 356 g/mol. The van der Waals surface area contributed by atoms with E-state index in [1.807, 2.05) is 0 Å². The van der Waals surface area contributed by atoms with Crippen molar-refractivity contribution in [3.8, 4) is 0 Å². The van der Waals surface area contributed by atoms with Crippen molar-refractivity contribution in [3.63, 3.8) is 0 Å². The van der Waals surface area contributed by atoms with Crippen molar-refractivity contribution < 1.29 is 19.1 Å². The summed E-state index contributed by atoms with van der Waals surface area (Å²) < 4.78 is 4.82. The van der Waals surface area contributed by atoms with Crippen LogP contribution in [0, 0.1) is 0 Å². The highest BCUT2D eigenvalue weighted by molar-refractivity contribution is 6.02. The van der Waals surface area contributed by atoms with Gasteiger partial charge in [-0.05, 0) is 54.5 Å². The Labute approximate surface area is 163 Å². The summed E-state index contributed by atoms with van der Waals surface area (Å²) >= 11 is 0. The molecule has 28 heavy (non-hydrogen) atoms. The number of hydrogen-bond acceptors (Lipinski definition) is 4. The van der Waals surface area contributed by atoms with Gasteiger partial charge in [-0.2, -0.15) is 0 Å². The van der Waals surface area contributed by atoms with E-state index < -0.39 is 5.97 Å². The summed E-state index contributed by atoms with van der Waals surface area (Å²) in [5.41, 5.74) is 2.82. The predicted octanol–water partition coefficient (Wildman–Crippen LogP) is 3.27. The Morgan fingerprint density at radius 1 is 0.893 bits per heavy atom. The normalized spacial score (nSPS) is 10.8. The van der Waals surface area contributed by atoms with Crippen molar-refractivity contribution in [3.05, 3.63) is 77.4 Å². The van der Waals surface area contributed by atoms with Gasteiger partial charge in [0.05, 0.1) is 6.61 Å². The summed E-state index contributed by atoms with van der Waals surface area (Å²) in [5.74, 6) is -0.826. The van der Waals surface area contributed by atoms with Gasteiger partial charge in [-0.15, -0.1) is 0 Å². The topological polar surface area (TPSA) is 84.5 Å². The van der Waals surface area contributed by atoms with Crippen molar-refractivity contribution in [2.24, 2.45) is 0 Å². The third-order valence-electron chi connectivity index (χ3n) is 3.70. The number of rotatable bonds is 7. The van der Waals surface area contributed by atoms with E-state index in [0.717, 1.165) is 11.1 Å². The molecule has 0 aliphatic rings. The molecule has 2 rings (SSSR count). The summed E-state index contributed by atoms with van der Waals surface area (Å²) in [5, 5.41) is 5.31. The molecule has 6 nitrogen and oxygen atoms in total. The number of nitrogens with one attached hydrogen (secondary N) is 2. The van der Waals surface area contributed by atoms with Gasteiger partial charge < -0.3 is 15.4 Å². The number of benzene rings is 2. The molecule has 0 saturated carbocycles. The highest BCUT2D eigenvalue weighted by Crippen LogP contribution is 2.12. The molecular formula is C22H22N2O4. The minimum atomic E-state index is -0.395. The monoisotopic (exact) mass is 378 g/mol. The van der Waals surface area contributed by atoms with Crippen LogP contribution in [0.3, 0.4) is 0 Å². The van der Waals surface area contributed by atoms with Gasteiger partial charge in [0.15, 0.2) is 0 Å². The molecule has 0 spiro atoms. The molecule has 6 heteroatoms. The SMILES string of the molecule is CCOC(=O)/C=C/c1ccc(NC(=O)/C=C/c2ccc(C(=O)NC)cc2)cc1. The lowest BCUT2D eigenvalue weighted by Crippen LogP contribution is -2.17. The molecule has 0 aliphatic carbocycles. The lowest BCUT2D eigenvalue weighted by Gasteiger charge is -2.03. The van der Waals surface area contributed by atoms with E-state index in [9.17, 15) is 14.4 Å². The van der Waals surface area contributed by atoms with Gasteiger partial charge in [0, 0.05) is 30.5 Å². The molecule has 0 bridgehead atoms. The van der Waals surface area contributed by atoms with Crippen molar-refractivity contribution in [2.45, 2.75) is 6.92 Å². The number of ether oxygens (including phenoxy) is 1. The minimum absolute atomic E-state index is 0.158. The van der Waals surface area contributed by atoms with Crippen LogP contribution in [0.1, 0.15) is 28.4 Å². The molecule has 0 fully saturated rings. The van der Waals surface area contributed by atoms with E-state index in [0.29, 0.717) is 17.9 Å². The molecule has 144 valence electrons. The molecule has 0 aromatic heterocycles. The Hall–Kier alpha value is -3.67. The average Bonchev–Trinajstić information content (AvgIpc) is 2.72. The molecule has 0 unspecified atom stereocenters. The lowest BCUT2D eigenvalue weighted by molar-refractivity contribution is -0.137. The first-order valence-electron chi connectivity index (χ1n) is 8.78. The summed E-state index contributed by atoms with van der Waals surface area (Å²) in [6.45, 7) is 2.08. The number of amides is 2. The van der Waals surface area contributed by atoms with E-state index in [1.165, 1.54) is 12.2 Å². The van der Waals surface area contributed by atoms with Crippen molar-refractivity contribution in [1.82, 2.24) is 5.32 Å². The quantitative estimate of drug-likeness (QED) is 0.572. The van der Waals surface area contributed by atoms with Crippen LogP contribution in [0.2, 0.25) is 0 Å². The van der Waals surface area contributed by atoms with E-state index in [4.69, 9.17) is 4.74 Å². The first-order chi connectivity index (χ1) is 13.5. The van der Waals surface area contributed by atoms with Gasteiger partial charge in [0.2, 0.25) is 5.91 Å². The highest BCUT2D eigenvalue weighted by Gasteiger charge is 2.02. The fraction of sp³-hybridized carbons (Fsp3) is 0.136. The number of anilines is 1. The maximum atomic E-state index is 12.0. The molecule has 0 aliphatic heterocycles. The third kappa shape index (κ3) is 6.57. The molecule has 0 atom stereocenters. The van der Waals surface area contributed by atoms with Crippen LogP contribution in [0.25, 0.3) is 12.2 Å². The smallest absolute Gasteiger partial charge is 0.330 e. The zero-order chi connectivity index (χ0) is 20.4. The zero-order valence-electron chi connectivity index (χ0n) is 15.8. The summed E-state index contributed by atoms with van der Waals surface area (Å²) in [6, 6.07) is 14.0. The van der Waals surface area contributed by atoms with Gasteiger partial charge in [-0.1, -0.05) is 24.3 Å². The number of carbonyl (C=O) groups is 3. The van der Waals surface area contributed by atoms with E-state index in [2.05, 4.69) is 10.6 Å². The Kier molecular flexibility index (Phi) is 7.72. The van der Waals surface area contributed by atoms with Crippen LogP contribution >= 0.6 is 0 Å². The van der Waals surface area contributed by atoms with Crippen LogP contribution in [-0.2, 0) is 14.3 Å². The van der Waals surface area contributed by atoms with Crippen molar-refractivity contribution >= 4 is 35.6 Å². The zero-order valence-corrected chi connectivity index (χ0v) is 15.8.